The highest BCUT2D eigenvalue weighted by atomic mass is 35.5. The number of halogens is 2. The van der Waals surface area contributed by atoms with Gasteiger partial charge in [0.15, 0.2) is 5.13 Å². The van der Waals surface area contributed by atoms with Crippen LogP contribution in [0.3, 0.4) is 0 Å². The van der Waals surface area contributed by atoms with E-state index in [2.05, 4.69) is 10.3 Å². The van der Waals surface area contributed by atoms with Gasteiger partial charge in [-0.15, -0.1) is 22.7 Å². The first-order chi connectivity index (χ1) is 10.6. The van der Waals surface area contributed by atoms with E-state index in [1.165, 1.54) is 34.8 Å². The number of thiophene rings is 1. The van der Waals surface area contributed by atoms with Gasteiger partial charge in [0.2, 0.25) is 5.91 Å². The molecule has 0 aliphatic rings. The molecule has 0 spiro atoms. The molecule has 0 unspecified atom stereocenters. The van der Waals surface area contributed by atoms with Crippen LogP contribution in [0.1, 0.15) is 5.56 Å². The van der Waals surface area contributed by atoms with Crippen molar-refractivity contribution >= 4 is 45.3 Å². The van der Waals surface area contributed by atoms with Crippen molar-refractivity contribution in [2.75, 3.05) is 5.32 Å². The Hall–Kier alpha value is -1.76. The van der Waals surface area contributed by atoms with Gasteiger partial charge in [0.25, 0.3) is 0 Å². The molecule has 1 N–H and O–H groups in total. The second kappa shape index (κ2) is 6.56. The Bertz CT molecular complexity index is 815. The van der Waals surface area contributed by atoms with Crippen molar-refractivity contribution in [3.63, 3.8) is 0 Å². The summed E-state index contributed by atoms with van der Waals surface area (Å²) in [6.07, 6.45) is 0.109. The van der Waals surface area contributed by atoms with E-state index in [0.29, 0.717) is 15.0 Å². The van der Waals surface area contributed by atoms with Crippen LogP contribution in [-0.4, -0.2) is 10.9 Å². The van der Waals surface area contributed by atoms with Crippen LogP contribution in [0, 0.1) is 5.82 Å². The SMILES string of the molecule is O=C(Cc1cccc(F)c1)Nc1nc(-c2ccc(Cl)s2)cs1. The van der Waals surface area contributed by atoms with Crippen LogP contribution in [0.5, 0.6) is 0 Å². The Kier molecular flexibility index (Phi) is 4.52. The van der Waals surface area contributed by atoms with Gasteiger partial charge in [-0.1, -0.05) is 23.7 Å². The fourth-order valence-corrected chi connectivity index (χ4v) is 3.70. The molecule has 3 aromatic rings. The number of benzene rings is 1. The average Bonchev–Trinajstić information content (AvgIpc) is 3.07. The molecule has 3 rings (SSSR count). The number of aromatic nitrogens is 1. The van der Waals surface area contributed by atoms with Crippen molar-refractivity contribution in [1.29, 1.82) is 0 Å². The maximum Gasteiger partial charge on any atom is 0.230 e. The van der Waals surface area contributed by atoms with Gasteiger partial charge in [-0.3, -0.25) is 4.79 Å². The quantitative estimate of drug-likeness (QED) is 0.729. The Morgan fingerprint density at radius 3 is 2.91 bits per heavy atom. The molecule has 0 atom stereocenters. The summed E-state index contributed by atoms with van der Waals surface area (Å²) >= 11 is 8.67. The first-order valence-corrected chi connectivity index (χ1v) is 8.43. The number of nitrogens with one attached hydrogen (secondary N) is 1. The normalized spacial score (nSPS) is 10.6. The molecule has 1 aromatic carbocycles. The number of carbonyl (C=O) groups is 1. The van der Waals surface area contributed by atoms with Gasteiger partial charge in [0.1, 0.15) is 5.82 Å². The maximum atomic E-state index is 13.1. The van der Waals surface area contributed by atoms with Crippen molar-refractivity contribution in [2.45, 2.75) is 6.42 Å². The number of rotatable bonds is 4. The molecule has 0 bridgehead atoms. The lowest BCUT2D eigenvalue weighted by atomic mass is 10.1. The van der Waals surface area contributed by atoms with Crippen LogP contribution in [0.25, 0.3) is 10.6 Å². The van der Waals surface area contributed by atoms with Gasteiger partial charge in [-0.2, -0.15) is 0 Å². The summed E-state index contributed by atoms with van der Waals surface area (Å²) < 4.78 is 13.8. The highest BCUT2D eigenvalue weighted by molar-refractivity contribution is 7.20. The summed E-state index contributed by atoms with van der Waals surface area (Å²) in [6, 6.07) is 9.69. The number of carbonyl (C=O) groups excluding carboxylic acids is 1. The predicted molar refractivity (Wildman–Crippen MR) is 89.2 cm³/mol. The third-order valence-electron chi connectivity index (χ3n) is 2.83. The number of hydrogen-bond donors (Lipinski definition) is 1. The summed E-state index contributed by atoms with van der Waals surface area (Å²) in [6.45, 7) is 0. The molecule has 2 aromatic heterocycles. The van der Waals surface area contributed by atoms with Gasteiger partial charge in [0.05, 0.1) is 21.3 Å². The van der Waals surface area contributed by atoms with Gasteiger partial charge in [0, 0.05) is 5.38 Å². The fourth-order valence-electron chi connectivity index (χ4n) is 1.89. The molecule has 1 amide bonds. The number of amides is 1. The van der Waals surface area contributed by atoms with Crippen LogP contribution in [0.4, 0.5) is 9.52 Å². The van der Waals surface area contributed by atoms with Crippen LogP contribution in [-0.2, 0) is 11.2 Å². The Balaban J connectivity index is 1.66. The molecule has 2 heterocycles. The molecule has 0 aliphatic carbocycles. The minimum Gasteiger partial charge on any atom is -0.302 e. The highest BCUT2D eigenvalue weighted by Crippen LogP contribution is 2.32. The fraction of sp³-hybridized carbons (Fsp3) is 0.0667. The molecular formula is C15H10ClFN2OS2. The summed E-state index contributed by atoms with van der Waals surface area (Å²) in [5.74, 6) is -0.577. The van der Waals surface area contributed by atoms with E-state index in [9.17, 15) is 9.18 Å². The Labute approximate surface area is 139 Å². The van der Waals surface area contributed by atoms with E-state index in [1.54, 1.807) is 12.1 Å². The molecular weight excluding hydrogens is 343 g/mol. The number of hydrogen-bond acceptors (Lipinski definition) is 4. The Morgan fingerprint density at radius 1 is 1.32 bits per heavy atom. The largest absolute Gasteiger partial charge is 0.302 e. The topological polar surface area (TPSA) is 42.0 Å². The van der Waals surface area contributed by atoms with Gasteiger partial charge < -0.3 is 5.32 Å². The summed E-state index contributed by atoms with van der Waals surface area (Å²) in [5.41, 5.74) is 1.40. The van der Waals surface area contributed by atoms with E-state index >= 15 is 0 Å². The van der Waals surface area contributed by atoms with E-state index < -0.39 is 0 Å². The summed E-state index contributed by atoms with van der Waals surface area (Å²) in [7, 11) is 0. The number of anilines is 1. The van der Waals surface area contributed by atoms with Crippen molar-refractivity contribution in [1.82, 2.24) is 4.98 Å². The highest BCUT2D eigenvalue weighted by Gasteiger charge is 2.10. The second-order valence-electron chi connectivity index (χ2n) is 4.50. The van der Waals surface area contributed by atoms with Crippen LogP contribution in [0.15, 0.2) is 41.8 Å². The molecule has 0 aliphatic heterocycles. The maximum absolute atomic E-state index is 13.1. The zero-order valence-electron chi connectivity index (χ0n) is 11.2. The van der Waals surface area contributed by atoms with Crippen molar-refractivity contribution in [3.05, 3.63) is 57.5 Å². The molecule has 0 saturated carbocycles. The standard InChI is InChI=1S/C15H10ClFN2OS2/c16-13-5-4-12(22-13)11-8-21-15(18-11)19-14(20)7-9-2-1-3-10(17)6-9/h1-6,8H,7H2,(H,18,19,20). The molecule has 3 nitrogen and oxygen atoms in total. The van der Waals surface area contributed by atoms with E-state index in [0.717, 1.165) is 10.6 Å². The molecule has 112 valence electrons. The van der Waals surface area contributed by atoms with Crippen molar-refractivity contribution in [3.8, 4) is 10.6 Å². The van der Waals surface area contributed by atoms with E-state index in [-0.39, 0.29) is 18.1 Å². The summed E-state index contributed by atoms with van der Waals surface area (Å²) in [4.78, 5) is 17.3. The number of nitrogens with zero attached hydrogens (tertiary/aromatic N) is 1. The monoisotopic (exact) mass is 352 g/mol. The predicted octanol–water partition coefficient (Wildman–Crippen LogP) is 4.85. The van der Waals surface area contributed by atoms with Gasteiger partial charge >= 0.3 is 0 Å². The average molecular weight is 353 g/mol. The third kappa shape index (κ3) is 3.71. The zero-order chi connectivity index (χ0) is 15.5. The minimum absolute atomic E-state index is 0.109. The second-order valence-corrected chi connectivity index (χ2v) is 7.07. The first kappa shape index (κ1) is 15.1. The van der Waals surface area contributed by atoms with Gasteiger partial charge in [-0.05, 0) is 29.8 Å². The number of thiazole rings is 1. The minimum atomic E-state index is -0.351. The summed E-state index contributed by atoms with van der Waals surface area (Å²) in [5, 5.41) is 5.10. The lowest BCUT2D eigenvalue weighted by Gasteiger charge is -2.02. The molecule has 0 radical (unpaired) electrons. The van der Waals surface area contributed by atoms with E-state index in [4.69, 9.17) is 11.6 Å². The van der Waals surface area contributed by atoms with Gasteiger partial charge in [-0.25, -0.2) is 9.37 Å². The lowest BCUT2D eigenvalue weighted by Crippen LogP contribution is -2.14. The van der Waals surface area contributed by atoms with Crippen LogP contribution in [0.2, 0.25) is 4.34 Å². The van der Waals surface area contributed by atoms with Crippen molar-refractivity contribution in [2.24, 2.45) is 0 Å². The van der Waals surface area contributed by atoms with Crippen LogP contribution >= 0.6 is 34.3 Å². The van der Waals surface area contributed by atoms with E-state index in [1.807, 2.05) is 17.5 Å². The third-order valence-corrected chi connectivity index (χ3v) is 4.84. The lowest BCUT2D eigenvalue weighted by molar-refractivity contribution is -0.115. The molecule has 7 heteroatoms. The molecule has 0 saturated heterocycles. The van der Waals surface area contributed by atoms with Crippen LogP contribution < -0.4 is 5.32 Å². The van der Waals surface area contributed by atoms with Crippen molar-refractivity contribution < 1.29 is 9.18 Å². The zero-order valence-corrected chi connectivity index (χ0v) is 13.6. The molecule has 22 heavy (non-hydrogen) atoms. The molecule has 0 fully saturated rings. The first-order valence-electron chi connectivity index (χ1n) is 6.36. The Morgan fingerprint density at radius 2 is 2.18 bits per heavy atom. The smallest absolute Gasteiger partial charge is 0.230 e.